The fraction of sp³-hybridized carbons (Fsp3) is 0.238. The summed E-state index contributed by atoms with van der Waals surface area (Å²) in [7, 11) is -2.09. The van der Waals surface area contributed by atoms with Gasteiger partial charge in [-0.25, -0.2) is 13.4 Å². The van der Waals surface area contributed by atoms with Gasteiger partial charge in [-0.05, 0) is 23.8 Å². The van der Waals surface area contributed by atoms with Crippen LogP contribution in [0.3, 0.4) is 0 Å². The molecule has 1 aromatic heterocycles. The smallest absolute Gasteiger partial charge is 0.262 e. The number of hydrogen-bond acceptors (Lipinski definition) is 4. The molecule has 162 valence electrons. The molecule has 1 fully saturated rings. The van der Waals surface area contributed by atoms with E-state index in [1.54, 1.807) is 23.7 Å². The van der Waals surface area contributed by atoms with Crippen molar-refractivity contribution in [3.05, 3.63) is 82.2 Å². The summed E-state index contributed by atoms with van der Waals surface area (Å²) < 4.78 is 29.2. The molecule has 0 unspecified atom stereocenters. The molecule has 2 heterocycles. The number of nitrogens with zero attached hydrogens (tertiary/aromatic N) is 3. The molecule has 10 heteroatoms. The van der Waals surface area contributed by atoms with Gasteiger partial charge < -0.3 is 9.88 Å². The second kappa shape index (κ2) is 8.63. The first-order valence-electron chi connectivity index (χ1n) is 9.54. The predicted octanol–water partition coefficient (Wildman–Crippen LogP) is 3.31. The van der Waals surface area contributed by atoms with Crippen molar-refractivity contribution in [2.24, 2.45) is 7.05 Å². The molecule has 2 atom stereocenters. The number of amides is 1. The van der Waals surface area contributed by atoms with E-state index in [0.29, 0.717) is 5.02 Å². The number of carbonyl (C=O) groups is 1. The first kappa shape index (κ1) is 21.8. The number of carbonyl (C=O) groups excluding carboxylic acids is 1. The van der Waals surface area contributed by atoms with Crippen molar-refractivity contribution in [2.75, 3.05) is 13.1 Å². The molecule has 0 spiro atoms. The Kier molecular flexibility index (Phi) is 6.07. The molecule has 3 aromatic rings. The molecule has 1 amide bonds. The van der Waals surface area contributed by atoms with Gasteiger partial charge in [-0.3, -0.25) is 4.79 Å². The van der Waals surface area contributed by atoms with Gasteiger partial charge in [0, 0.05) is 37.3 Å². The molecule has 0 bridgehead atoms. The molecule has 0 saturated carbocycles. The molecule has 1 saturated heterocycles. The summed E-state index contributed by atoms with van der Waals surface area (Å²) in [5, 5.41) is 3.61. The summed E-state index contributed by atoms with van der Waals surface area (Å²) in [4.78, 5) is 16.9. The number of benzene rings is 2. The lowest BCUT2D eigenvalue weighted by molar-refractivity contribution is 0.0936. The molecule has 7 nitrogen and oxygen atoms in total. The number of halogens is 2. The Bertz CT molecular complexity index is 1210. The number of aryl methyl sites for hydroxylation is 1. The van der Waals surface area contributed by atoms with E-state index in [0.717, 1.165) is 5.56 Å². The Balaban J connectivity index is 1.63. The highest BCUT2D eigenvalue weighted by Gasteiger charge is 2.41. The van der Waals surface area contributed by atoms with Gasteiger partial charge in [-0.1, -0.05) is 53.5 Å². The van der Waals surface area contributed by atoms with Crippen molar-refractivity contribution < 1.29 is 13.2 Å². The highest BCUT2D eigenvalue weighted by molar-refractivity contribution is 7.89. The number of imidazole rings is 1. The summed E-state index contributed by atoms with van der Waals surface area (Å²) >= 11 is 12.1. The van der Waals surface area contributed by atoms with Crippen LogP contribution in [0.2, 0.25) is 10.0 Å². The van der Waals surface area contributed by atoms with Crippen molar-refractivity contribution in [3.8, 4) is 0 Å². The predicted molar refractivity (Wildman–Crippen MR) is 119 cm³/mol. The van der Waals surface area contributed by atoms with Gasteiger partial charge in [0.1, 0.15) is 0 Å². The van der Waals surface area contributed by atoms with Crippen LogP contribution < -0.4 is 5.32 Å². The highest BCUT2D eigenvalue weighted by Crippen LogP contribution is 2.32. The Labute approximate surface area is 190 Å². The second-order valence-corrected chi connectivity index (χ2v) is 10.1. The number of aromatic nitrogens is 2. The van der Waals surface area contributed by atoms with Crippen LogP contribution in [0.5, 0.6) is 0 Å². The Morgan fingerprint density at radius 2 is 1.87 bits per heavy atom. The quantitative estimate of drug-likeness (QED) is 0.609. The van der Waals surface area contributed by atoms with E-state index in [9.17, 15) is 13.2 Å². The van der Waals surface area contributed by atoms with E-state index in [1.165, 1.54) is 22.9 Å². The van der Waals surface area contributed by atoms with E-state index in [1.807, 2.05) is 30.3 Å². The average molecular weight is 479 g/mol. The number of rotatable bonds is 5. The van der Waals surface area contributed by atoms with Crippen LogP contribution in [0.4, 0.5) is 0 Å². The van der Waals surface area contributed by atoms with Crippen molar-refractivity contribution in [3.63, 3.8) is 0 Å². The molecule has 1 N–H and O–H groups in total. The Hall–Kier alpha value is -2.39. The van der Waals surface area contributed by atoms with Crippen molar-refractivity contribution >= 4 is 39.1 Å². The average Bonchev–Trinajstić information content (AvgIpc) is 3.36. The van der Waals surface area contributed by atoms with E-state index in [2.05, 4.69) is 10.3 Å². The molecular formula is C21H20Cl2N4O3S. The van der Waals surface area contributed by atoms with Crippen LogP contribution in [-0.2, 0) is 17.1 Å². The van der Waals surface area contributed by atoms with Gasteiger partial charge in [0.25, 0.3) is 15.9 Å². The summed E-state index contributed by atoms with van der Waals surface area (Å²) in [5.74, 6) is -0.612. The van der Waals surface area contributed by atoms with Crippen LogP contribution in [0.15, 0.2) is 66.1 Å². The SMILES string of the molecule is Cn1cnc(S(=O)(=O)N2C[C@@H](NC(=O)c3ccc(Cl)cc3Cl)[C@H](c3ccccc3)C2)c1. The summed E-state index contributed by atoms with van der Waals surface area (Å²) in [6.45, 7) is 0.345. The number of nitrogens with one attached hydrogen (secondary N) is 1. The van der Waals surface area contributed by atoms with Crippen LogP contribution >= 0.6 is 23.2 Å². The third kappa shape index (κ3) is 4.48. The standard InChI is InChI=1S/C21H20Cl2N4O3S/c1-26-12-20(24-13-26)31(29,30)27-10-17(14-5-3-2-4-6-14)19(11-27)25-21(28)16-8-7-15(22)9-18(16)23/h2-9,12-13,17,19H,10-11H2,1H3,(H,25,28)/t17-,19+/m0/s1. The van der Waals surface area contributed by atoms with Gasteiger partial charge in [0.2, 0.25) is 0 Å². The molecule has 31 heavy (non-hydrogen) atoms. The maximum atomic E-state index is 13.1. The summed E-state index contributed by atoms with van der Waals surface area (Å²) in [6.07, 6.45) is 2.91. The van der Waals surface area contributed by atoms with Crippen LogP contribution in [0.25, 0.3) is 0 Å². The van der Waals surface area contributed by atoms with Gasteiger partial charge in [-0.2, -0.15) is 4.31 Å². The van der Waals surface area contributed by atoms with Crippen molar-refractivity contribution in [1.82, 2.24) is 19.2 Å². The van der Waals surface area contributed by atoms with Gasteiger partial charge in [0.15, 0.2) is 5.03 Å². The maximum absolute atomic E-state index is 13.1. The van der Waals surface area contributed by atoms with Gasteiger partial charge >= 0.3 is 0 Å². The molecular weight excluding hydrogens is 459 g/mol. The van der Waals surface area contributed by atoms with Crippen molar-refractivity contribution in [1.29, 1.82) is 0 Å². The fourth-order valence-electron chi connectivity index (χ4n) is 3.72. The third-order valence-corrected chi connectivity index (χ3v) is 7.56. The first-order valence-corrected chi connectivity index (χ1v) is 11.7. The van der Waals surface area contributed by atoms with Gasteiger partial charge in [-0.15, -0.1) is 0 Å². The lowest BCUT2D eigenvalue weighted by Crippen LogP contribution is -2.40. The molecule has 2 aromatic carbocycles. The fourth-order valence-corrected chi connectivity index (χ4v) is 5.67. The second-order valence-electron chi connectivity index (χ2n) is 7.42. The van der Waals surface area contributed by atoms with E-state index in [-0.39, 0.29) is 40.5 Å². The lowest BCUT2D eigenvalue weighted by Gasteiger charge is -2.20. The first-order chi connectivity index (χ1) is 14.8. The van der Waals surface area contributed by atoms with Crippen molar-refractivity contribution in [2.45, 2.75) is 17.0 Å². The van der Waals surface area contributed by atoms with E-state index < -0.39 is 16.1 Å². The topological polar surface area (TPSA) is 84.3 Å². The zero-order valence-corrected chi connectivity index (χ0v) is 18.9. The zero-order valence-electron chi connectivity index (χ0n) is 16.6. The Morgan fingerprint density at radius 3 is 2.52 bits per heavy atom. The molecule has 0 radical (unpaired) electrons. The van der Waals surface area contributed by atoms with Crippen LogP contribution in [0.1, 0.15) is 21.8 Å². The third-order valence-electron chi connectivity index (χ3n) is 5.29. The normalized spacial score (nSPS) is 19.5. The molecule has 0 aliphatic carbocycles. The monoisotopic (exact) mass is 478 g/mol. The Morgan fingerprint density at radius 1 is 1.13 bits per heavy atom. The van der Waals surface area contributed by atoms with Gasteiger partial charge in [0.05, 0.1) is 23.0 Å². The number of hydrogen-bond donors (Lipinski definition) is 1. The lowest BCUT2D eigenvalue weighted by atomic mass is 9.94. The van der Waals surface area contributed by atoms with E-state index in [4.69, 9.17) is 23.2 Å². The largest absolute Gasteiger partial charge is 0.347 e. The molecule has 4 rings (SSSR count). The molecule has 1 aliphatic heterocycles. The summed E-state index contributed by atoms with van der Waals surface area (Å²) in [6, 6.07) is 13.7. The molecule has 1 aliphatic rings. The zero-order chi connectivity index (χ0) is 22.2. The van der Waals surface area contributed by atoms with Crippen LogP contribution in [-0.4, -0.2) is 47.3 Å². The minimum atomic E-state index is -3.80. The maximum Gasteiger partial charge on any atom is 0.262 e. The minimum Gasteiger partial charge on any atom is -0.347 e. The summed E-state index contributed by atoms with van der Waals surface area (Å²) in [5.41, 5.74) is 1.22. The minimum absolute atomic E-state index is 0.0190. The van der Waals surface area contributed by atoms with E-state index >= 15 is 0 Å². The number of sulfonamides is 1. The highest BCUT2D eigenvalue weighted by atomic mass is 35.5. The van der Waals surface area contributed by atoms with Crippen LogP contribution in [0, 0.1) is 0 Å².